The Morgan fingerprint density at radius 2 is 1.81 bits per heavy atom. The number of amides is 2. The van der Waals surface area contributed by atoms with E-state index >= 15 is 0 Å². The minimum absolute atomic E-state index is 0.171. The zero-order chi connectivity index (χ0) is 18.4. The van der Waals surface area contributed by atoms with E-state index in [0.29, 0.717) is 6.54 Å². The van der Waals surface area contributed by atoms with Crippen molar-refractivity contribution in [2.75, 3.05) is 13.1 Å². The van der Waals surface area contributed by atoms with E-state index in [9.17, 15) is 9.90 Å². The molecule has 5 heteroatoms. The van der Waals surface area contributed by atoms with Crippen LogP contribution in [0.1, 0.15) is 23.8 Å². The zero-order valence-corrected chi connectivity index (χ0v) is 15.7. The first-order chi connectivity index (χ1) is 12.5. The maximum atomic E-state index is 12.0. The molecule has 26 heavy (non-hydrogen) atoms. The summed E-state index contributed by atoms with van der Waals surface area (Å²) in [5.74, 6) is 0. The number of urea groups is 1. The Morgan fingerprint density at radius 3 is 2.58 bits per heavy atom. The van der Waals surface area contributed by atoms with Gasteiger partial charge in [-0.1, -0.05) is 48.5 Å². The van der Waals surface area contributed by atoms with Crippen LogP contribution in [-0.4, -0.2) is 24.2 Å². The summed E-state index contributed by atoms with van der Waals surface area (Å²) in [6.45, 7) is 2.50. The first-order valence-corrected chi connectivity index (χ1v) is 9.63. The smallest absolute Gasteiger partial charge is 0.314 e. The third-order valence-corrected chi connectivity index (χ3v) is 5.69. The third-order valence-electron chi connectivity index (χ3n) is 4.32. The van der Waals surface area contributed by atoms with Crippen molar-refractivity contribution in [2.24, 2.45) is 0 Å². The van der Waals surface area contributed by atoms with Crippen LogP contribution >= 0.6 is 11.3 Å². The van der Waals surface area contributed by atoms with Gasteiger partial charge in [0.25, 0.3) is 0 Å². The Labute approximate surface area is 157 Å². The highest BCUT2D eigenvalue weighted by Crippen LogP contribution is 2.32. The Hall–Kier alpha value is -2.37. The Morgan fingerprint density at radius 1 is 1.08 bits per heavy atom. The molecule has 0 bridgehead atoms. The van der Waals surface area contributed by atoms with Gasteiger partial charge in [-0.25, -0.2) is 4.79 Å². The number of thiophene rings is 1. The molecule has 1 unspecified atom stereocenters. The fourth-order valence-electron chi connectivity index (χ4n) is 2.79. The predicted octanol–water partition coefficient (Wildman–Crippen LogP) is 4.04. The molecule has 0 aliphatic carbocycles. The van der Waals surface area contributed by atoms with E-state index in [-0.39, 0.29) is 12.6 Å². The number of benzene rings is 2. The van der Waals surface area contributed by atoms with Gasteiger partial charge in [-0.05, 0) is 42.8 Å². The maximum Gasteiger partial charge on any atom is 0.314 e. The molecule has 136 valence electrons. The highest BCUT2D eigenvalue weighted by molar-refractivity contribution is 7.19. The molecule has 0 aliphatic rings. The molecule has 0 saturated carbocycles. The van der Waals surface area contributed by atoms with Gasteiger partial charge in [0.15, 0.2) is 0 Å². The van der Waals surface area contributed by atoms with Gasteiger partial charge in [-0.2, -0.15) is 0 Å². The minimum atomic E-state index is -1.09. The van der Waals surface area contributed by atoms with Crippen LogP contribution in [0, 0.1) is 0 Å². The summed E-state index contributed by atoms with van der Waals surface area (Å²) in [5, 5.41) is 17.5. The van der Waals surface area contributed by atoms with E-state index in [1.807, 2.05) is 48.5 Å². The average molecular weight is 369 g/mol. The van der Waals surface area contributed by atoms with Crippen molar-refractivity contribution in [2.45, 2.75) is 25.4 Å². The number of fused-ring (bicyclic) bond motifs is 1. The number of carbonyl (C=O) groups excluding carboxylic acids is 1. The number of hydrogen-bond donors (Lipinski definition) is 3. The van der Waals surface area contributed by atoms with E-state index < -0.39 is 5.60 Å². The van der Waals surface area contributed by atoms with Gasteiger partial charge >= 0.3 is 6.03 Å². The van der Waals surface area contributed by atoms with Crippen molar-refractivity contribution in [1.29, 1.82) is 0 Å². The van der Waals surface area contributed by atoms with Gasteiger partial charge in [0.1, 0.15) is 5.60 Å². The zero-order valence-electron chi connectivity index (χ0n) is 14.9. The predicted molar refractivity (Wildman–Crippen MR) is 108 cm³/mol. The number of hydrogen-bond acceptors (Lipinski definition) is 3. The second-order valence-electron chi connectivity index (χ2n) is 6.62. The van der Waals surface area contributed by atoms with Crippen molar-refractivity contribution in [1.82, 2.24) is 10.6 Å². The highest BCUT2D eigenvalue weighted by atomic mass is 32.1. The first kappa shape index (κ1) is 18.4. The summed E-state index contributed by atoms with van der Waals surface area (Å²) < 4.78 is 1.13. The van der Waals surface area contributed by atoms with E-state index in [0.717, 1.165) is 27.8 Å². The molecular formula is C21H24N2O2S. The van der Waals surface area contributed by atoms with Crippen molar-refractivity contribution in [3.8, 4) is 0 Å². The van der Waals surface area contributed by atoms with Crippen LogP contribution in [0.3, 0.4) is 0 Å². The molecule has 0 saturated heterocycles. The third kappa shape index (κ3) is 4.84. The lowest BCUT2D eigenvalue weighted by atomic mass is 10.0. The van der Waals surface area contributed by atoms with Crippen LogP contribution < -0.4 is 10.6 Å². The molecule has 0 spiro atoms. The summed E-state index contributed by atoms with van der Waals surface area (Å²) in [5.41, 5.74) is 0.174. The van der Waals surface area contributed by atoms with Crippen molar-refractivity contribution < 1.29 is 9.90 Å². The van der Waals surface area contributed by atoms with Crippen molar-refractivity contribution in [3.05, 3.63) is 71.1 Å². The Balaban J connectivity index is 1.44. The number of rotatable bonds is 7. The van der Waals surface area contributed by atoms with E-state index in [2.05, 4.69) is 22.8 Å². The molecule has 0 aliphatic heterocycles. The van der Waals surface area contributed by atoms with Crippen molar-refractivity contribution in [3.63, 3.8) is 0 Å². The standard InChI is InChI=1S/C21H24N2O2S/c1-21(25,19-14-17-11-5-6-12-18(17)26-19)15-23-20(24)22-13-7-10-16-8-3-2-4-9-16/h2-6,8-9,11-12,14,25H,7,10,13,15H2,1H3,(H2,22,23,24). The number of carbonyl (C=O) groups is 1. The van der Waals surface area contributed by atoms with Crippen LogP contribution in [0.2, 0.25) is 0 Å². The van der Waals surface area contributed by atoms with Crippen LogP contribution in [-0.2, 0) is 12.0 Å². The molecular weight excluding hydrogens is 344 g/mol. The molecule has 3 rings (SSSR count). The van der Waals surface area contributed by atoms with E-state index in [4.69, 9.17) is 0 Å². The molecule has 0 fully saturated rings. The van der Waals surface area contributed by atoms with Crippen LogP contribution in [0.5, 0.6) is 0 Å². The van der Waals surface area contributed by atoms with Gasteiger partial charge in [0.05, 0.1) is 6.54 Å². The topological polar surface area (TPSA) is 61.4 Å². The van der Waals surface area contributed by atoms with E-state index in [1.165, 1.54) is 5.56 Å². The quantitative estimate of drug-likeness (QED) is 0.551. The Bertz CT molecular complexity index is 826. The van der Waals surface area contributed by atoms with Gasteiger partial charge in [-0.3, -0.25) is 0 Å². The normalized spacial score (nSPS) is 13.3. The molecule has 4 nitrogen and oxygen atoms in total. The summed E-state index contributed by atoms with van der Waals surface area (Å²) in [7, 11) is 0. The molecule has 1 heterocycles. The fraction of sp³-hybridized carbons (Fsp3) is 0.286. The second kappa shape index (κ2) is 8.34. The highest BCUT2D eigenvalue weighted by Gasteiger charge is 2.26. The van der Waals surface area contributed by atoms with Crippen LogP contribution in [0.15, 0.2) is 60.7 Å². The first-order valence-electron chi connectivity index (χ1n) is 8.82. The largest absolute Gasteiger partial charge is 0.383 e. The summed E-state index contributed by atoms with van der Waals surface area (Å²) >= 11 is 1.55. The Kier molecular flexibility index (Phi) is 5.91. The van der Waals surface area contributed by atoms with Crippen LogP contribution in [0.25, 0.3) is 10.1 Å². The molecule has 3 aromatic rings. The van der Waals surface area contributed by atoms with Gasteiger partial charge < -0.3 is 15.7 Å². The number of nitrogens with one attached hydrogen (secondary N) is 2. The van der Waals surface area contributed by atoms with Gasteiger partial charge in [-0.15, -0.1) is 11.3 Å². The molecule has 1 aromatic heterocycles. The van der Waals surface area contributed by atoms with Crippen LogP contribution in [0.4, 0.5) is 4.79 Å². The number of aryl methyl sites for hydroxylation is 1. The SMILES string of the molecule is CC(O)(CNC(=O)NCCCc1ccccc1)c1cc2ccccc2s1. The van der Waals surface area contributed by atoms with E-state index in [1.54, 1.807) is 18.3 Å². The lowest BCUT2D eigenvalue weighted by Gasteiger charge is -2.22. The molecule has 2 amide bonds. The summed E-state index contributed by atoms with van der Waals surface area (Å²) in [6, 6.07) is 20.0. The lowest BCUT2D eigenvalue weighted by molar-refractivity contribution is 0.0632. The molecule has 0 radical (unpaired) electrons. The lowest BCUT2D eigenvalue weighted by Crippen LogP contribution is -2.43. The molecule has 1 atom stereocenters. The second-order valence-corrected chi connectivity index (χ2v) is 7.70. The van der Waals surface area contributed by atoms with Gasteiger partial charge in [0, 0.05) is 16.1 Å². The summed E-state index contributed by atoms with van der Waals surface area (Å²) in [6.07, 6.45) is 1.81. The molecule has 2 aromatic carbocycles. The average Bonchev–Trinajstić information content (AvgIpc) is 3.10. The van der Waals surface area contributed by atoms with Gasteiger partial charge in [0.2, 0.25) is 0 Å². The molecule has 3 N–H and O–H groups in total. The maximum absolute atomic E-state index is 12.0. The summed E-state index contributed by atoms with van der Waals surface area (Å²) in [4.78, 5) is 12.8. The monoisotopic (exact) mass is 368 g/mol. The minimum Gasteiger partial charge on any atom is -0.383 e. The fourth-order valence-corrected chi connectivity index (χ4v) is 3.89. The van der Waals surface area contributed by atoms with Crippen molar-refractivity contribution >= 4 is 27.5 Å². The number of aliphatic hydroxyl groups is 1.